The van der Waals surface area contributed by atoms with Crippen molar-refractivity contribution in [3.63, 3.8) is 0 Å². The van der Waals surface area contributed by atoms with Crippen LogP contribution in [0.3, 0.4) is 0 Å². The molecule has 0 saturated carbocycles. The molecule has 396 valence electrons. The quantitative estimate of drug-likeness (QED) is 0.0518. The highest BCUT2D eigenvalue weighted by atomic mass is 16.8. The van der Waals surface area contributed by atoms with Crippen LogP contribution in [0, 0.1) is 0 Å². The Morgan fingerprint density at radius 3 is 0.800 bits per heavy atom. The van der Waals surface area contributed by atoms with Crippen LogP contribution in [-0.2, 0) is 105 Å². The van der Waals surface area contributed by atoms with Crippen molar-refractivity contribution >= 4 is 59.7 Å². The predicted octanol–water partition coefficient (Wildman–Crippen LogP) is 5.04. The molecule has 70 heavy (non-hydrogen) atoms. The summed E-state index contributed by atoms with van der Waals surface area (Å²) in [6.07, 6.45) is -13.3. The fraction of sp³-hybridized carbons (Fsp3) is 0.750. The predicted molar refractivity (Wildman–Crippen MR) is 239 cm³/mol. The molecule has 0 aliphatic carbocycles. The third-order valence-corrected chi connectivity index (χ3v) is 10.1. The Balaban J connectivity index is 2.63. The van der Waals surface area contributed by atoms with E-state index in [0.717, 1.165) is 0 Å². The van der Waals surface area contributed by atoms with E-state index < -0.39 is 134 Å². The molecule has 0 aromatic rings. The Kier molecular flexibility index (Phi) is 28.5. The van der Waals surface area contributed by atoms with E-state index in [1.54, 1.807) is 55.4 Å². The maximum absolute atomic E-state index is 13.6. The zero-order valence-electron chi connectivity index (χ0n) is 41.6. The van der Waals surface area contributed by atoms with Crippen LogP contribution < -0.4 is 0 Å². The van der Waals surface area contributed by atoms with Crippen LogP contribution in [0.15, 0.2) is 12.2 Å². The third kappa shape index (κ3) is 21.2. The Morgan fingerprint density at radius 1 is 0.314 bits per heavy atom. The minimum absolute atomic E-state index is 0.0109. The first-order valence-electron chi connectivity index (χ1n) is 24.4. The van der Waals surface area contributed by atoms with E-state index >= 15 is 0 Å². The van der Waals surface area contributed by atoms with E-state index in [1.807, 2.05) is 0 Å². The average Bonchev–Trinajstić information content (AvgIpc) is 3.29. The summed E-state index contributed by atoms with van der Waals surface area (Å²) in [5, 5.41) is 0. The fourth-order valence-electron chi connectivity index (χ4n) is 6.85. The van der Waals surface area contributed by atoms with Crippen LogP contribution in [0.25, 0.3) is 0 Å². The molecule has 2 saturated heterocycles. The summed E-state index contributed by atoms with van der Waals surface area (Å²) in [6, 6.07) is 0. The van der Waals surface area contributed by atoms with Gasteiger partial charge in [-0.05, 0) is 51.4 Å². The minimum Gasteiger partial charge on any atom is -0.463 e. The molecule has 2 fully saturated rings. The topological polar surface area (TPSA) is 281 Å². The van der Waals surface area contributed by atoms with Crippen molar-refractivity contribution in [2.45, 2.75) is 220 Å². The molecular formula is C48H72O22. The summed E-state index contributed by atoms with van der Waals surface area (Å²) in [7, 11) is 0. The van der Waals surface area contributed by atoms with Gasteiger partial charge in [0.05, 0.1) is 0 Å². The second kappa shape index (κ2) is 33.0. The molecule has 0 unspecified atom stereocenters. The van der Waals surface area contributed by atoms with Gasteiger partial charge < -0.3 is 56.8 Å². The molecular weight excluding hydrogens is 929 g/mol. The van der Waals surface area contributed by atoms with E-state index in [2.05, 4.69) is 0 Å². The lowest BCUT2D eigenvalue weighted by Crippen LogP contribution is -2.63. The number of carbonyl (C=O) groups excluding carboxylic acids is 10. The molecule has 2 aliphatic rings. The van der Waals surface area contributed by atoms with Gasteiger partial charge in [-0.25, -0.2) is 9.59 Å². The molecule has 0 radical (unpaired) electrons. The molecule has 22 heteroatoms. The smallest absolute Gasteiger partial charge is 0.333 e. The first-order valence-corrected chi connectivity index (χ1v) is 24.4. The lowest BCUT2D eigenvalue weighted by atomic mass is 9.97. The monoisotopic (exact) mass is 1000 g/mol. The summed E-state index contributed by atoms with van der Waals surface area (Å²) in [4.78, 5) is 130. The molecule has 10 atom stereocenters. The summed E-state index contributed by atoms with van der Waals surface area (Å²) in [5.41, 5.74) is 0. The normalized spacial score (nSPS) is 24.0. The van der Waals surface area contributed by atoms with Crippen LogP contribution in [0.5, 0.6) is 0 Å². The van der Waals surface area contributed by atoms with Crippen molar-refractivity contribution in [3.8, 4) is 0 Å². The first-order chi connectivity index (χ1) is 33.5. The maximum atomic E-state index is 13.6. The zero-order chi connectivity index (χ0) is 52.2. The van der Waals surface area contributed by atoms with Gasteiger partial charge in [0.15, 0.2) is 24.4 Å². The molecule has 2 aliphatic heterocycles. The van der Waals surface area contributed by atoms with Crippen LogP contribution in [0.1, 0.15) is 158 Å². The molecule has 0 bridgehead atoms. The molecule has 2 heterocycles. The zero-order valence-corrected chi connectivity index (χ0v) is 41.6. The SMILES string of the molecule is CCCC(=O)OC[C@H]1O[C@@H](OC(=O)/C=C/C(=O)O[C@@H]2O[C@H](COC(=O)CCC)[C@@H](OC(=O)CCC)[C@H](OC(=O)CCC)[C@H]2OC(=O)CCC)[C@H](OC(=O)CCC)[C@@H](OC(=O)CCC)[C@@H]1OC(=O)CCC. The van der Waals surface area contributed by atoms with Crippen LogP contribution >= 0.6 is 0 Å². The van der Waals surface area contributed by atoms with Gasteiger partial charge in [-0.15, -0.1) is 0 Å². The summed E-state index contributed by atoms with van der Waals surface area (Å²) >= 11 is 0. The standard InChI is InChI=1S/C48H72O22/c1-9-17-31(49)59-27-29-41(63-33(51)19-11-3)43(65-35(53)21-13-5)45(67-37(55)23-15-7)47(61-29)69-39(57)25-26-40(58)70-48-46(68-38(56)24-16-8)44(66-36(54)22-14-6)42(64-34(52)20-12-4)30(62-48)28-60-32(50)18-10-2/h25-26,29-30,41-48H,9-24,27-28H2,1-8H3/b26-25+/t29-,30-,41-,42-,43+,44+,45-,46-,47+,48+/m1/s1. The lowest BCUT2D eigenvalue weighted by molar-refractivity contribution is -0.300. The molecule has 0 aromatic heterocycles. The largest absolute Gasteiger partial charge is 0.463 e. The molecule has 0 aromatic carbocycles. The fourth-order valence-corrected chi connectivity index (χ4v) is 6.85. The summed E-state index contributed by atoms with van der Waals surface area (Å²) in [5.74, 6) is -8.72. The van der Waals surface area contributed by atoms with Gasteiger partial charge >= 0.3 is 59.7 Å². The number of hydrogen-bond donors (Lipinski definition) is 0. The van der Waals surface area contributed by atoms with Gasteiger partial charge in [-0.3, -0.25) is 38.4 Å². The Hall–Kier alpha value is -5.64. The number of ether oxygens (including phenoxy) is 12. The van der Waals surface area contributed by atoms with Gasteiger partial charge in [-0.1, -0.05) is 55.4 Å². The highest BCUT2D eigenvalue weighted by Gasteiger charge is 2.56. The van der Waals surface area contributed by atoms with Crippen LogP contribution in [0.4, 0.5) is 0 Å². The molecule has 0 N–H and O–H groups in total. The first kappa shape index (κ1) is 60.5. The van der Waals surface area contributed by atoms with E-state index in [1.165, 1.54) is 0 Å². The van der Waals surface area contributed by atoms with Crippen molar-refractivity contribution in [1.29, 1.82) is 0 Å². The van der Waals surface area contributed by atoms with Crippen molar-refractivity contribution in [2.75, 3.05) is 13.2 Å². The average molecular weight is 1000 g/mol. The summed E-state index contributed by atoms with van der Waals surface area (Å²) in [6.45, 7) is 12.5. The van der Waals surface area contributed by atoms with E-state index in [4.69, 9.17) is 56.8 Å². The van der Waals surface area contributed by atoms with E-state index in [9.17, 15) is 47.9 Å². The number of esters is 10. The lowest BCUT2D eigenvalue weighted by Gasteiger charge is -2.44. The van der Waals surface area contributed by atoms with Gasteiger partial charge in [0.1, 0.15) is 25.4 Å². The van der Waals surface area contributed by atoms with Gasteiger partial charge in [0, 0.05) is 63.5 Å². The van der Waals surface area contributed by atoms with Crippen molar-refractivity contribution in [3.05, 3.63) is 12.2 Å². The van der Waals surface area contributed by atoms with E-state index in [0.29, 0.717) is 63.5 Å². The Labute approximate surface area is 408 Å². The molecule has 0 amide bonds. The molecule has 22 nitrogen and oxygen atoms in total. The number of rotatable bonds is 30. The second-order valence-corrected chi connectivity index (χ2v) is 16.4. The Morgan fingerprint density at radius 2 is 0.543 bits per heavy atom. The van der Waals surface area contributed by atoms with Gasteiger partial charge in [-0.2, -0.15) is 0 Å². The highest BCUT2D eigenvalue weighted by molar-refractivity contribution is 5.91. The molecule has 2 rings (SSSR count). The second-order valence-electron chi connectivity index (χ2n) is 16.4. The van der Waals surface area contributed by atoms with Gasteiger partial charge in [0.2, 0.25) is 24.8 Å². The van der Waals surface area contributed by atoms with Crippen molar-refractivity contribution in [2.24, 2.45) is 0 Å². The summed E-state index contributed by atoms with van der Waals surface area (Å²) < 4.78 is 68.2. The van der Waals surface area contributed by atoms with Crippen molar-refractivity contribution < 1.29 is 105 Å². The number of carbonyl (C=O) groups is 10. The van der Waals surface area contributed by atoms with Gasteiger partial charge in [0.25, 0.3) is 0 Å². The highest BCUT2D eigenvalue weighted by Crippen LogP contribution is 2.33. The Bertz CT molecular complexity index is 1640. The van der Waals surface area contributed by atoms with Crippen LogP contribution in [0.2, 0.25) is 0 Å². The number of hydrogen-bond acceptors (Lipinski definition) is 22. The molecule has 0 spiro atoms. The third-order valence-electron chi connectivity index (χ3n) is 10.1. The van der Waals surface area contributed by atoms with Crippen LogP contribution in [-0.4, -0.2) is 134 Å². The minimum atomic E-state index is -1.93. The van der Waals surface area contributed by atoms with E-state index in [-0.39, 0.29) is 51.4 Å². The maximum Gasteiger partial charge on any atom is 0.333 e. The van der Waals surface area contributed by atoms with Crippen molar-refractivity contribution in [1.82, 2.24) is 0 Å².